The van der Waals surface area contributed by atoms with Crippen LogP contribution in [0.5, 0.6) is 0 Å². The van der Waals surface area contributed by atoms with Gasteiger partial charge in [0.1, 0.15) is 12.2 Å². The van der Waals surface area contributed by atoms with Gasteiger partial charge in [-0.05, 0) is 48.7 Å². The number of pyridine rings is 1. The van der Waals surface area contributed by atoms with Crippen molar-refractivity contribution >= 4 is 47.0 Å². The lowest BCUT2D eigenvalue weighted by Crippen LogP contribution is -2.42. The highest BCUT2D eigenvalue weighted by molar-refractivity contribution is 6.35. The third-order valence-corrected chi connectivity index (χ3v) is 7.56. The maximum atomic E-state index is 13.5. The van der Waals surface area contributed by atoms with Gasteiger partial charge < -0.3 is 20.0 Å². The number of rotatable bonds is 5. The number of fused-ring (bicyclic) bond motifs is 1. The molecule has 1 aliphatic heterocycles. The molecule has 0 radical (unpaired) electrons. The number of benzene rings is 2. The summed E-state index contributed by atoms with van der Waals surface area (Å²) < 4.78 is 5.25. The summed E-state index contributed by atoms with van der Waals surface area (Å²) in [6.45, 7) is 0. The lowest BCUT2D eigenvalue weighted by atomic mass is 9.98. The molecule has 1 unspecified atom stereocenters. The summed E-state index contributed by atoms with van der Waals surface area (Å²) in [7, 11) is 1.29. The number of methoxy groups -OCH3 is 1. The molecule has 1 atom stereocenters. The van der Waals surface area contributed by atoms with Gasteiger partial charge in [0.2, 0.25) is 11.3 Å². The fourth-order valence-electron chi connectivity index (χ4n) is 4.98. The third kappa shape index (κ3) is 4.36. The Labute approximate surface area is 237 Å². The fraction of sp³-hybridized carbons (Fsp3) is 0.154. The Bertz CT molecular complexity index is 1660. The highest BCUT2D eigenvalue weighted by atomic mass is 35.5. The topological polar surface area (TPSA) is 154 Å². The summed E-state index contributed by atoms with van der Waals surface area (Å²) in [5.74, 6) is 0.221. The first kappa shape index (κ1) is 25.9. The predicted molar refractivity (Wildman–Crippen MR) is 149 cm³/mol. The minimum atomic E-state index is -1.69. The van der Waals surface area contributed by atoms with Gasteiger partial charge in [0.25, 0.3) is 0 Å². The van der Waals surface area contributed by atoms with Crippen LogP contribution in [0.2, 0.25) is 10.0 Å². The number of anilines is 2. The normalized spacial score (nSPS) is 17.6. The van der Waals surface area contributed by atoms with Crippen molar-refractivity contribution in [1.82, 2.24) is 21.0 Å². The molecule has 0 fully saturated rings. The number of H-pyrrole nitrogens is 1. The van der Waals surface area contributed by atoms with E-state index in [4.69, 9.17) is 23.2 Å². The average Bonchev–Trinajstić information content (AvgIpc) is 3.72. The van der Waals surface area contributed by atoms with Crippen LogP contribution in [0.25, 0.3) is 22.4 Å². The van der Waals surface area contributed by atoms with Crippen LogP contribution in [0, 0.1) is 5.21 Å². The maximum Gasteiger partial charge on any atom is 0.411 e. The zero-order valence-corrected chi connectivity index (χ0v) is 22.4. The first-order valence-electron chi connectivity index (χ1n) is 12.1. The molecular formula is C26H22Cl2N8O4. The maximum absolute atomic E-state index is 13.5. The van der Waals surface area contributed by atoms with E-state index in [1.54, 1.807) is 53.7 Å². The number of aromatic amines is 1. The van der Waals surface area contributed by atoms with E-state index in [2.05, 4.69) is 36.2 Å². The van der Waals surface area contributed by atoms with Gasteiger partial charge in [0.15, 0.2) is 6.20 Å². The van der Waals surface area contributed by atoms with Crippen molar-refractivity contribution in [3.05, 3.63) is 87.2 Å². The summed E-state index contributed by atoms with van der Waals surface area (Å²) >= 11 is 13.2. The van der Waals surface area contributed by atoms with E-state index in [9.17, 15) is 15.1 Å². The van der Waals surface area contributed by atoms with Crippen molar-refractivity contribution in [3.8, 4) is 22.4 Å². The minimum Gasteiger partial charge on any atom is -0.618 e. The van der Waals surface area contributed by atoms with Crippen LogP contribution in [0.3, 0.4) is 0 Å². The number of hydrazone groups is 1. The smallest absolute Gasteiger partial charge is 0.411 e. The van der Waals surface area contributed by atoms with Gasteiger partial charge in [-0.2, -0.15) is 9.83 Å². The van der Waals surface area contributed by atoms with Gasteiger partial charge in [-0.3, -0.25) is 5.32 Å². The van der Waals surface area contributed by atoms with Crippen LogP contribution >= 0.6 is 23.2 Å². The predicted octanol–water partition coefficient (Wildman–Crippen LogP) is 3.82. The molecule has 0 bridgehead atoms. The van der Waals surface area contributed by atoms with Crippen LogP contribution in [-0.4, -0.2) is 34.6 Å². The Morgan fingerprint density at radius 2 is 2.02 bits per heavy atom. The molecule has 1 aliphatic carbocycles. The van der Waals surface area contributed by atoms with Gasteiger partial charge in [-0.25, -0.2) is 20.3 Å². The molecule has 0 saturated heterocycles. The van der Waals surface area contributed by atoms with Crippen LogP contribution in [-0.2, 0) is 16.8 Å². The van der Waals surface area contributed by atoms with Crippen LogP contribution in [0.4, 0.5) is 16.2 Å². The Hall–Kier alpha value is -4.36. The van der Waals surface area contributed by atoms with E-state index in [1.165, 1.54) is 19.6 Å². The minimum absolute atomic E-state index is 0.117. The third-order valence-electron chi connectivity index (χ3n) is 6.89. The van der Waals surface area contributed by atoms with E-state index < -0.39 is 11.7 Å². The number of ether oxygens (including phenoxy) is 1. The van der Waals surface area contributed by atoms with Crippen LogP contribution < -0.4 is 26.1 Å². The molecule has 40 heavy (non-hydrogen) atoms. The Balaban J connectivity index is 1.36. The number of aromatic nitrogens is 3. The van der Waals surface area contributed by atoms with Crippen molar-refractivity contribution < 1.29 is 19.4 Å². The zero-order chi connectivity index (χ0) is 28.0. The second-order valence-corrected chi connectivity index (χ2v) is 10.0. The summed E-state index contributed by atoms with van der Waals surface area (Å²) in [6.07, 6.45) is 4.44. The highest BCUT2D eigenvalue weighted by Gasteiger charge is 2.49. The molecule has 12 nitrogen and oxygen atoms in total. The molecule has 4 aromatic rings. The molecule has 2 aliphatic rings. The molecule has 0 saturated carbocycles. The SMILES string of the molecule is COC(=O)Nc1ccc(-c2cnc(C3(O)CCc4c(Cl)c(-c5cc(Cl)ccc5N5C=NNN5)c[n+]([O-])c43)[nH]2)cc1. The second kappa shape index (κ2) is 9.99. The van der Waals surface area contributed by atoms with E-state index >= 15 is 0 Å². The monoisotopic (exact) mass is 580 g/mol. The number of amides is 1. The van der Waals surface area contributed by atoms with Gasteiger partial charge in [-0.1, -0.05) is 35.3 Å². The first-order chi connectivity index (χ1) is 19.3. The van der Waals surface area contributed by atoms with E-state index in [-0.39, 0.29) is 17.9 Å². The number of nitrogens with zero attached hydrogens (tertiary/aromatic N) is 4. The molecule has 2 aromatic heterocycles. The van der Waals surface area contributed by atoms with E-state index in [0.29, 0.717) is 55.0 Å². The molecule has 204 valence electrons. The first-order valence-corrected chi connectivity index (χ1v) is 12.9. The Morgan fingerprint density at radius 1 is 1.23 bits per heavy atom. The van der Waals surface area contributed by atoms with Crippen LogP contribution in [0.1, 0.15) is 23.5 Å². The number of hydrogen-bond acceptors (Lipinski definition) is 9. The average molecular weight is 581 g/mol. The number of carbonyl (C=O) groups is 1. The van der Waals surface area contributed by atoms with Gasteiger partial charge in [-0.15, -0.1) is 5.53 Å². The lowest BCUT2D eigenvalue weighted by molar-refractivity contribution is -0.620. The van der Waals surface area contributed by atoms with Crippen molar-refractivity contribution in [3.63, 3.8) is 0 Å². The molecule has 0 spiro atoms. The number of nitrogens with one attached hydrogen (secondary N) is 4. The summed E-state index contributed by atoms with van der Waals surface area (Å²) in [6, 6.07) is 12.2. The quantitative estimate of drug-likeness (QED) is 0.176. The lowest BCUT2D eigenvalue weighted by Gasteiger charge is -2.22. The number of aliphatic hydroxyl groups is 1. The molecule has 1 amide bonds. The summed E-state index contributed by atoms with van der Waals surface area (Å²) in [4.78, 5) is 19.0. The molecule has 3 heterocycles. The summed E-state index contributed by atoms with van der Waals surface area (Å²) in [5, 5.41) is 34.2. The van der Waals surface area contributed by atoms with Crippen molar-refractivity contribution in [2.24, 2.45) is 5.10 Å². The molecular weight excluding hydrogens is 559 g/mol. The molecule has 6 rings (SSSR count). The van der Waals surface area contributed by atoms with Crippen molar-refractivity contribution in [2.75, 3.05) is 17.4 Å². The van der Waals surface area contributed by atoms with Crippen molar-refractivity contribution in [2.45, 2.75) is 18.4 Å². The van der Waals surface area contributed by atoms with E-state index in [0.717, 1.165) is 5.56 Å². The number of carbonyl (C=O) groups excluding carboxylic acids is 1. The fourth-order valence-corrected chi connectivity index (χ4v) is 5.48. The largest absolute Gasteiger partial charge is 0.618 e. The highest BCUT2D eigenvalue weighted by Crippen LogP contribution is 2.46. The standard InChI is InChI=1S/C26H22Cl2N8O4/c1-40-25(37)31-16-5-2-14(3-6-16)20-11-29-24(32-20)26(38)9-8-17-22(28)19(12-36(39)23(17)26)18-10-15(27)4-7-21(18)35-13-30-33-34-35/h2-7,10-13,33-34,38H,8-9H2,1H3,(H,29,32)(H,31,37). The Morgan fingerprint density at radius 3 is 2.75 bits per heavy atom. The van der Waals surface area contributed by atoms with E-state index in [1.807, 2.05) is 0 Å². The number of hydrogen-bond donors (Lipinski definition) is 5. The summed E-state index contributed by atoms with van der Waals surface area (Å²) in [5.41, 5.74) is 8.13. The van der Waals surface area contributed by atoms with Gasteiger partial charge >= 0.3 is 6.09 Å². The zero-order valence-electron chi connectivity index (χ0n) is 20.9. The van der Waals surface area contributed by atoms with Gasteiger partial charge in [0.05, 0.1) is 35.3 Å². The number of halogens is 2. The van der Waals surface area contributed by atoms with Crippen molar-refractivity contribution in [1.29, 1.82) is 0 Å². The number of imidazole rings is 1. The number of hydrazine groups is 2. The Kier molecular flexibility index (Phi) is 6.47. The second-order valence-electron chi connectivity index (χ2n) is 9.21. The van der Waals surface area contributed by atoms with Crippen LogP contribution in [0.15, 0.2) is 60.0 Å². The molecule has 5 N–H and O–H groups in total. The molecule has 14 heteroatoms. The molecule has 2 aromatic carbocycles. The van der Waals surface area contributed by atoms with Gasteiger partial charge in [0, 0.05) is 21.8 Å².